The number of hydrogen-bond donors (Lipinski definition) is 2. The van der Waals surface area contributed by atoms with Crippen molar-refractivity contribution in [1.29, 1.82) is 0 Å². The Bertz CT molecular complexity index is 190. The van der Waals surface area contributed by atoms with E-state index < -0.39 is 18.8 Å². The number of rotatable bonds is 4. The molecule has 0 amide bonds. The summed E-state index contributed by atoms with van der Waals surface area (Å²) in [4.78, 5) is 0. The molecule has 2 nitrogen and oxygen atoms in total. The Kier molecular flexibility index (Phi) is 4.40. The fourth-order valence-electron chi connectivity index (χ4n) is 2.04. The zero-order chi connectivity index (χ0) is 11.5. The van der Waals surface area contributed by atoms with Crippen molar-refractivity contribution in [2.24, 2.45) is 5.92 Å². The monoisotopic (exact) mass is 225 g/mol. The van der Waals surface area contributed by atoms with Crippen LogP contribution in [0.15, 0.2) is 0 Å². The minimum atomic E-state index is -4.51. The quantitative estimate of drug-likeness (QED) is 0.767. The molecule has 5 heteroatoms. The third-order valence-corrected chi connectivity index (χ3v) is 3.12. The molecule has 2 N–H and O–H groups in total. The molecule has 0 aromatic carbocycles. The first-order valence-corrected chi connectivity index (χ1v) is 5.39. The maximum absolute atomic E-state index is 12.0. The molecule has 15 heavy (non-hydrogen) atoms. The predicted molar refractivity (Wildman–Crippen MR) is 51.5 cm³/mol. The van der Waals surface area contributed by atoms with Crippen LogP contribution in [0.1, 0.15) is 32.6 Å². The molecule has 1 fully saturated rings. The minimum absolute atomic E-state index is 0.0597. The number of hydrogen-bond acceptors (Lipinski definition) is 2. The van der Waals surface area contributed by atoms with Gasteiger partial charge in [-0.2, -0.15) is 13.2 Å². The number of aliphatic hydroxyl groups is 1. The molecule has 1 aliphatic carbocycles. The van der Waals surface area contributed by atoms with Crippen LogP contribution in [0.4, 0.5) is 13.2 Å². The molecular formula is C10H18F3NO. The van der Waals surface area contributed by atoms with Gasteiger partial charge < -0.3 is 10.4 Å². The number of aliphatic hydroxyl groups excluding tert-OH is 1. The van der Waals surface area contributed by atoms with Crippen LogP contribution in [0.2, 0.25) is 0 Å². The Labute approximate surface area is 87.9 Å². The normalized spacial score (nSPS) is 23.0. The SMILES string of the molecule is CC(NCC(O)C(F)(F)F)C1CCCC1. The first-order valence-electron chi connectivity index (χ1n) is 5.39. The van der Waals surface area contributed by atoms with E-state index in [9.17, 15) is 13.2 Å². The summed E-state index contributed by atoms with van der Waals surface area (Å²) in [6.45, 7) is 1.49. The summed E-state index contributed by atoms with van der Waals surface area (Å²) in [6.07, 6.45) is -2.27. The summed E-state index contributed by atoms with van der Waals surface area (Å²) in [5.41, 5.74) is 0. The molecule has 2 atom stereocenters. The van der Waals surface area contributed by atoms with Gasteiger partial charge in [0, 0.05) is 12.6 Å². The average Bonchev–Trinajstić information content (AvgIpc) is 2.64. The molecule has 0 saturated heterocycles. The van der Waals surface area contributed by atoms with Gasteiger partial charge in [0.1, 0.15) is 0 Å². The van der Waals surface area contributed by atoms with Crippen LogP contribution in [-0.4, -0.2) is 30.0 Å². The number of nitrogens with one attached hydrogen (secondary N) is 1. The Morgan fingerprint density at radius 3 is 2.33 bits per heavy atom. The molecule has 1 aliphatic rings. The van der Waals surface area contributed by atoms with Crippen molar-refractivity contribution >= 4 is 0 Å². The molecule has 90 valence electrons. The largest absolute Gasteiger partial charge is 0.415 e. The summed E-state index contributed by atoms with van der Waals surface area (Å²) < 4.78 is 36.0. The molecule has 0 radical (unpaired) electrons. The molecule has 0 spiro atoms. The molecular weight excluding hydrogens is 207 g/mol. The van der Waals surface area contributed by atoms with Crippen LogP contribution >= 0.6 is 0 Å². The van der Waals surface area contributed by atoms with Gasteiger partial charge in [-0.1, -0.05) is 12.8 Å². The van der Waals surface area contributed by atoms with Crippen LogP contribution < -0.4 is 5.32 Å². The molecule has 0 bridgehead atoms. The van der Waals surface area contributed by atoms with Crippen molar-refractivity contribution in [2.45, 2.75) is 50.9 Å². The van der Waals surface area contributed by atoms with Crippen molar-refractivity contribution in [3.63, 3.8) is 0 Å². The third kappa shape index (κ3) is 3.99. The highest BCUT2D eigenvalue weighted by Crippen LogP contribution is 2.27. The maximum atomic E-state index is 12.0. The highest BCUT2D eigenvalue weighted by Gasteiger charge is 2.38. The van der Waals surface area contributed by atoms with Gasteiger partial charge in [0.15, 0.2) is 6.10 Å². The van der Waals surface area contributed by atoms with Crippen molar-refractivity contribution in [1.82, 2.24) is 5.32 Å². The van der Waals surface area contributed by atoms with Gasteiger partial charge in [-0.25, -0.2) is 0 Å². The minimum Gasteiger partial charge on any atom is -0.382 e. The van der Waals surface area contributed by atoms with Gasteiger partial charge in [0.25, 0.3) is 0 Å². The van der Waals surface area contributed by atoms with Crippen LogP contribution in [0.25, 0.3) is 0 Å². The van der Waals surface area contributed by atoms with Crippen LogP contribution in [0.3, 0.4) is 0 Å². The van der Waals surface area contributed by atoms with Gasteiger partial charge in [0.05, 0.1) is 0 Å². The van der Waals surface area contributed by atoms with Crippen molar-refractivity contribution in [3.05, 3.63) is 0 Å². The third-order valence-electron chi connectivity index (χ3n) is 3.12. The lowest BCUT2D eigenvalue weighted by molar-refractivity contribution is -0.202. The Hall–Kier alpha value is -0.290. The molecule has 0 heterocycles. The number of alkyl halides is 3. The van der Waals surface area contributed by atoms with E-state index in [2.05, 4.69) is 5.32 Å². The first-order chi connectivity index (χ1) is 6.91. The second-order valence-corrected chi connectivity index (χ2v) is 4.30. The average molecular weight is 225 g/mol. The van der Waals surface area contributed by atoms with Crippen molar-refractivity contribution < 1.29 is 18.3 Å². The summed E-state index contributed by atoms with van der Waals surface area (Å²) in [5, 5.41) is 11.6. The van der Waals surface area contributed by atoms with Crippen LogP contribution in [0, 0.1) is 5.92 Å². The molecule has 1 rings (SSSR count). The van der Waals surface area contributed by atoms with Crippen LogP contribution in [0.5, 0.6) is 0 Å². The van der Waals surface area contributed by atoms with Crippen LogP contribution in [-0.2, 0) is 0 Å². The van der Waals surface area contributed by atoms with Gasteiger partial charge in [-0.15, -0.1) is 0 Å². The van der Waals surface area contributed by atoms with E-state index >= 15 is 0 Å². The predicted octanol–water partition coefficient (Wildman–Crippen LogP) is 2.08. The summed E-state index contributed by atoms with van der Waals surface area (Å²) in [5.74, 6) is 0.463. The summed E-state index contributed by atoms with van der Waals surface area (Å²) in [7, 11) is 0. The van der Waals surface area contributed by atoms with E-state index in [4.69, 9.17) is 5.11 Å². The van der Waals surface area contributed by atoms with E-state index in [-0.39, 0.29) is 6.04 Å². The van der Waals surface area contributed by atoms with E-state index in [0.29, 0.717) is 5.92 Å². The lowest BCUT2D eigenvalue weighted by Crippen LogP contribution is -2.43. The number of halogens is 3. The zero-order valence-corrected chi connectivity index (χ0v) is 8.85. The molecule has 0 aromatic rings. The van der Waals surface area contributed by atoms with E-state index in [1.807, 2.05) is 6.92 Å². The van der Waals surface area contributed by atoms with Gasteiger partial charge in [-0.3, -0.25) is 0 Å². The second-order valence-electron chi connectivity index (χ2n) is 4.30. The molecule has 2 unspecified atom stereocenters. The Balaban J connectivity index is 2.24. The summed E-state index contributed by atoms with van der Waals surface area (Å²) in [6, 6.07) is 0.0597. The highest BCUT2D eigenvalue weighted by molar-refractivity contribution is 4.79. The highest BCUT2D eigenvalue weighted by atomic mass is 19.4. The van der Waals surface area contributed by atoms with Gasteiger partial charge >= 0.3 is 6.18 Å². The summed E-state index contributed by atoms with van der Waals surface area (Å²) >= 11 is 0. The fourth-order valence-corrected chi connectivity index (χ4v) is 2.04. The smallest absolute Gasteiger partial charge is 0.382 e. The standard InChI is InChI=1S/C10H18F3NO/c1-7(8-4-2-3-5-8)14-6-9(15)10(11,12)13/h7-9,14-15H,2-6H2,1H3. The topological polar surface area (TPSA) is 32.3 Å². The van der Waals surface area contributed by atoms with Gasteiger partial charge in [0.2, 0.25) is 0 Å². The maximum Gasteiger partial charge on any atom is 0.415 e. The lowest BCUT2D eigenvalue weighted by Gasteiger charge is -2.23. The second kappa shape index (κ2) is 5.16. The fraction of sp³-hybridized carbons (Fsp3) is 1.00. The van der Waals surface area contributed by atoms with Gasteiger partial charge in [-0.05, 0) is 25.7 Å². The van der Waals surface area contributed by atoms with Crippen molar-refractivity contribution in [2.75, 3.05) is 6.54 Å². The Morgan fingerprint density at radius 1 is 1.33 bits per heavy atom. The Morgan fingerprint density at radius 2 is 1.87 bits per heavy atom. The first kappa shape index (κ1) is 12.8. The molecule has 1 saturated carbocycles. The molecule has 0 aliphatic heterocycles. The van der Waals surface area contributed by atoms with E-state index in [1.165, 1.54) is 12.8 Å². The zero-order valence-electron chi connectivity index (χ0n) is 8.85. The van der Waals surface area contributed by atoms with Crippen molar-refractivity contribution in [3.8, 4) is 0 Å². The molecule has 0 aromatic heterocycles. The van der Waals surface area contributed by atoms with E-state index in [0.717, 1.165) is 12.8 Å². The van der Waals surface area contributed by atoms with E-state index in [1.54, 1.807) is 0 Å². The lowest BCUT2D eigenvalue weighted by atomic mass is 10.00.